The summed E-state index contributed by atoms with van der Waals surface area (Å²) in [6, 6.07) is 6.62. The van der Waals surface area contributed by atoms with E-state index in [2.05, 4.69) is 15.5 Å². The van der Waals surface area contributed by atoms with E-state index in [0.717, 1.165) is 0 Å². The van der Waals surface area contributed by atoms with Crippen molar-refractivity contribution < 1.29 is 28.5 Å². The molecule has 1 unspecified atom stereocenters. The number of rotatable bonds is 11. The van der Waals surface area contributed by atoms with Gasteiger partial charge >= 0.3 is 0 Å². The predicted octanol–water partition coefficient (Wildman–Crippen LogP) is 4.83. The van der Waals surface area contributed by atoms with Gasteiger partial charge in [-0.15, -0.1) is 0 Å². The normalized spacial score (nSPS) is 11.7. The van der Waals surface area contributed by atoms with Gasteiger partial charge in [-0.2, -0.15) is 10.2 Å². The zero-order valence-electron chi connectivity index (χ0n) is 18.6. The predicted molar refractivity (Wildman–Crippen MR) is 121 cm³/mol. The lowest BCUT2D eigenvalue weighted by Gasteiger charge is -2.15. The first kappa shape index (κ1) is 24.9. The summed E-state index contributed by atoms with van der Waals surface area (Å²) in [5.41, 5.74) is 0.686. The molecule has 0 saturated carbocycles. The molecule has 0 heterocycles. The Balaban J connectivity index is 2.29. The highest BCUT2D eigenvalue weighted by Gasteiger charge is 2.24. The van der Waals surface area contributed by atoms with Crippen LogP contribution >= 0.6 is 11.6 Å². The maximum Gasteiger partial charge on any atom is 0.258 e. The molecule has 0 radical (unpaired) electrons. The van der Waals surface area contributed by atoms with Crippen LogP contribution in [-0.4, -0.2) is 45.2 Å². The second-order valence-corrected chi connectivity index (χ2v) is 6.79. The largest absolute Gasteiger partial charge is 0.497 e. The van der Waals surface area contributed by atoms with Crippen LogP contribution in [0.5, 0.6) is 23.0 Å². The first-order valence-corrected chi connectivity index (χ1v) is 10.3. The number of carbonyl (C=O) groups excluding carboxylic acids is 2. The van der Waals surface area contributed by atoms with Gasteiger partial charge in [-0.1, -0.05) is 11.6 Å². The Morgan fingerprint density at radius 1 is 1.00 bits per heavy atom. The van der Waals surface area contributed by atoms with E-state index in [-0.39, 0.29) is 0 Å². The molecule has 2 aromatic rings. The Labute approximate surface area is 191 Å². The number of hydrogen-bond acceptors (Lipinski definition) is 8. The molecule has 0 aromatic heterocycles. The van der Waals surface area contributed by atoms with Crippen LogP contribution in [0, 0.1) is 0 Å². The second kappa shape index (κ2) is 11.9. The van der Waals surface area contributed by atoms with Crippen LogP contribution in [-0.2, 0) is 9.59 Å². The van der Waals surface area contributed by atoms with Crippen molar-refractivity contribution in [3.63, 3.8) is 0 Å². The summed E-state index contributed by atoms with van der Waals surface area (Å²) in [6.45, 7) is 5.62. The summed E-state index contributed by atoms with van der Waals surface area (Å²) in [6.07, 6.45) is 0. The minimum absolute atomic E-state index is 0.293. The fourth-order valence-electron chi connectivity index (χ4n) is 2.68. The van der Waals surface area contributed by atoms with Gasteiger partial charge in [0.15, 0.2) is 5.78 Å². The number of halogens is 1. The van der Waals surface area contributed by atoms with Gasteiger partial charge in [0.2, 0.25) is 6.04 Å². The minimum atomic E-state index is -1.37. The number of amides is 1. The lowest BCUT2D eigenvalue weighted by Crippen LogP contribution is -2.31. The van der Waals surface area contributed by atoms with Crippen LogP contribution in [0.1, 0.15) is 20.8 Å². The van der Waals surface area contributed by atoms with E-state index in [1.807, 2.05) is 13.8 Å². The molecular weight excluding hydrogens is 438 g/mol. The molecule has 0 saturated heterocycles. The molecule has 0 aliphatic carbocycles. The zero-order chi connectivity index (χ0) is 23.7. The molecule has 2 rings (SSSR count). The standard InChI is InChI=1S/C22H26ClN3O6/c1-6-31-18-10-14(11-19(20(18)23)32-7-2)24-22(28)21(13(3)27)26-25-16-9-8-15(29-4)12-17(16)30-5/h8-12,21H,6-7H2,1-5H3,(H,24,28). The van der Waals surface area contributed by atoms with Crippen molar-refractivity contribution in [1.82, 2.24) is 0 Å². The van der Waals surface area contributed by atoms with E-state index in [4.69, 9.17) is 30.5 Å². The third-order valence-electron chi connectivity index (χ3n) is 4.17. The summed E-state index contributed by atoms with van der Waals surface area (Å²) < 4.78 is 21.4. The van der Waals surface area contributed by atoms with Crippen molar-refractivity contribution in [2.45, 2.75) is 26.8 Å². The number of carbonyl (C=O) groups is 2. The summed E-state index contributed by atoms with van der Waals surface area (Å²) in [4.78, 5) is 24.9. The fourth-order valence-corrected chi connectivity index (χ4v) is 2.90. The second-order valence-electron chi connectivity index (χ2n) is 6.41. The first-order valence-electron chi connectivity index (χ1n) is 9.87. The number of ketones is 1. The quantitative estimate of drug-likeness (QED) is 0.377. The van der Waals surface area contributed by atoms with Crippen molar-refractivity contribution in [3.05, 3.63) is 35.4 Å². The van der Waals surface area contributed by atoms with E-state index >= 15 is 0 Å². The van der Waals surface area contributed by atoms with Gasteiger partial charge in [0.25, 0.3) is 5.91 Å². The van der Waals surface area contributed by atoms with E-state index in [1.165, 1.54) is 21.1 Å². The Kier molecular flexibility index (Phi) is 9.27. The Morgan fingerprint density at radius 2 is 1.62 bits per heavy atom. The molecule has 0 fully saturated rings. The minimum Gasteiger partial charge on any atom is -0.497 e. The number of anilines is 1. The summed E-state index contributed by atoms with van der Waals surface area (Å²) >= 11 is 6.28. The molecule has 1 atom stereocenters. The highest BCUT2D eigenvalue weighted by atomic mass is 35.5. The number of ether oxygens (including phenoxy) is 4. The van der Waals surface area contributed by atoms with Crippen molar-refractivity contribution >= 4 is 34.7 Å². The molecule has 9 nitrogen and oxygen atoms in total. The maximum atomic E-state index is 12.8. The van der Waals surface area contributed by atoms with Crippen molar-refractivity contribution in [1.29, 1.82) is 0 Å². The van der Waals surface area contributed by atoms with Crippen LogP contribution in [0.25, 0.3) is 0 Å². The SMILES string of the molecule is CCOc1cc(NC(=O)C(N=Nc2ccc(OC)cc2OC)C(C)=O)cc(OCC)c1Cl. The van der Waals surface area contributed by atoms with Crippen molar-refractivity contribution in [2.75, 3.05) is 32.8 Å². The Bertz CT molecular complexity index is 969. The first-order chi connectivity index (χ1) is 15.3. The summed E-state index contributed by atoms with van der Waals surface area (Å²) in [5.74, 6) is 0.498. The third-order valence-corrected chi connectivity index (χ3v) is 4.55. The molecule has 172 valence electrons. The molecule has 1 amide bonds. The van der Waals surface area contributed by atoms with Gasteiger partial charge in [-0.05, 0) is 32.9 Å². The Hall–Kier alpha value is -3.33. The number of hydrogen-bond donors (Lipinski definition) is 1. The molecule has 0 aliphatic heterocycles. The molecule has 0 aliphatic rings. The zero-order valence-corrected chi connectivity index (χ0v) is 19.4. The number of benzene rings is 2. The van der Waals surface area contributed by atoms with E-state index < -0.39 is 17.7 Å². The van der Waals surface area contributed by atoms with E-state index in [9.17, 15) is 9.59 Å². The number of nitrogens with one attached hydrogen (secondary N) is 1. The van der Waals surface area contributed by atoms with E-state index in [0.29, 0.717) is 52.6 Å². The number of azo groups is 1. The number of nitrogens with zero attached hydrogens (tertiary/aromatic N) is 2. The van der Waals surface area contributed by atoms with Gasteiger partial charge in [-0.3, -0.25) is 9.59 Å². The van der Waals surface area contributed by atoms with Crippen LogP contribution in [0.15, 0.2) is 40.6 Å². The van der Waals surface area contributed by atoms with Crippen molar-refractivity contribution in [3.8, 4) is 23.0 Å². The van der Waals surface area contributed by atoms with Gasteiger partial charge in [0.1, 0.15) is 33.7 Å². The average molecular weight is 464 g/mol. The summed E-state index contributed by atoms with van der Waals surface area (Å²) in [5, 5.41) is 10.9. The highest BCUT2D eigenvalue weighted by Crippen LogP contribution is 2.38. The van der Waals surface area contributed by atoms with Crippen molar-refractivity contribution in [2.24, 2.45) is 10.2 Å². The van der Waals surface area contributed by atoms with Gasteiger partial charge < -0.3 is 24.3 Å². The van der Waals surface area contributed by atoms with Gasteiger partial charge in [0.05, 0.1) is 27.4 Å². The molecule has 0 spiro atoms. The lowest BCUT2D eigenvalue weighted by molar-refractivity contribution is -0.126. The topological polar surface area (TPSA) is 108 Å². The fraction of sp³-hybridized carbons (Fsp3) is 0.364. The number of Topliss-reactive ketones (excluding diaryl/α,β-unsaturated/α-hetero) is 1. The molecule has 0 bridgehead atoms. The molecular formula is C22H26ClN3O6. The van der Waals surface area contributed by atoms with Gasteiger partial charge in [-0.25, -0.2) is 0 Å². The number of methoxy groups -OCH3 is 2. The van der Waals surface area contributed by atoms with Crippen LogP contribution in [0.2, 0.25) is 5.02 Å². The molecule has 1 N–H and O–H groups in total. The average Bonchev–Trinajstić information content (AvgIpc) is 2.77. The smallest absolute Gasteiger partial charge is 0.258 e. The lowest BCUT2D eigenvalue weighted by atomic mass is 10.2. The highest BCUT2D eigenvalue weighted by molar-refractivity contribution is 6.33. The molecule has 10 heteroatoms. The van der Waals surface area contributed by atoms with Crippen LogP contribution in [0.3, 0.4) is 0 Å². The Morgan fingerprint density at radius 3 is 2.12 bits per heavy atom. The van der Waals surface area contributed by atoms with Gasteiger partial charge in [0, 0.05) is 23.9 Å². The van der Waals surface area contributed by atoms with Crippen LogP contribution < -0.4 is 24.3 Å². The molecule has 2 aromatic carbocycles. The monoisotopic (exact) mass is 463 g/mol. The van der Waals surface area contributed by atoms with E-state index in [1.54, 1.807) is 30.3 Å². The summed E-state index contributed by atoms with van der Waals surface area (Å²) in [7, 11) is 2.99. The third kappa shape index (κ3) is 6.34. The maximum absolute atomic E-state index is 12.8. The molecule has 32 heavy (non-hydrogen) atoms. The van der Waals surface area contributed by atoms with Crippen LogP contribution in [0.4, 0.5) is 11.4 Å².